The number of nitrogens with one attached hydrogen (secondary N) is 2. The second-order valence-electron chi connectivity index (χ2n) is 6.93. The van der Waals surface area contributed by atoms with Crippen molar-refractivity contribution in [3.05, 3.63) is 35.9 Å². The lowest BCUT2D eigenvalue weighted by atomic mass is 9.97. The van der Waals surface area contributed by atoms with Crippen molar-refractivity contribution in [1.29, 1.82) is 0 Å². The molecule has 0 radical (unpaired) electrons. The van der Waals surface area contributed by atoms with Crippen LogP contribution < -0.4 is 10.6 Å². The van der Waals surface area contributed by atoms with Crippen LogP contribution in [0.3, 0.4) is 0 Å². The van der Waals surface area contributed by atoms with Gasteiger partial charge in [-0.05, 0) is 51.1 Å². The van der Waals surface area contributed by atoms with E-state index in [0.717, 1.165) is 18.7 Å². The number of aliphatic hydroxyl groups excluding tert-OH is 1. The van der Waals surface area contributed by atoms with Crippen molar-refractivity contribution in [2.24, 2.45) is 5.92 Å². The Morgan fingerprint density at radius 1 is 1.33 bits per heavy atom. The summed E-state index contributed by atoms with van der Waals surface area (Å²) in [4.78, 5) is 14.7. The third-order valence-electron chi connectivity index (χ3n) is 4.76. The van der Waals surface area contributed by atoms with E-state index in [1.165, 1.54) is 12.8 Å². The molecule has 2 atom stereocenters. The summed E-state index contributed by atoms with van der Waals surface area (Å²) in [5, 5.41) is 15.2. The molecular formula is C19H31N3O2. The third-order valence-corrected chi connectivity index (χ3v) is 4.76. The first-order valence-electron chi connectivity index (χ1n) is 9.04. The van der Waals surface area contributed by atoms with E-state index in [4.69, 9.17) is 0 Å². The third kappa shape index (κ3) is 5.80. The topological polar surface area (TPSA) is 64.6 Å². The average Bonchev–Trinajstić information content (AvgIpc) is 2.60. The van der Waals surface area contributed by atoms with Gasteiger partial charge in [0, 0.05) is 25.7 Å². The Balaban J connectivity index is 1.81. The van der Waals surface area contributed by atoms with Gasteiger partial charge in [-0.1, -0.05) is 30.3 Å². The minimum atomic E-state index is -0.158. The lowest BCUT2D eigenvalue weighted by Crippen LogP contribution is -2.46. The molecule has 2 rings (SSSR count). The molecule has 24 heavy (non-hydrogen) atoms. The lowest BCUT2D eigenvalue weighted by molar-refractivity contribution is 0.139. The molecule has 134 valence electrons. The summed E-state index contributed by atoms with van der Waals surface area (Å²) >= 11 is 0. The summed E-state index contributed by atoms with van der Waals surface area (Å²) in [7, 11) is 0. The molecule has 1 aromatic rings. The molecule has 1 heterocycles. The van der Waals surface area contributed by atoms with Crippen molar-refractivity contribution < 1.29 is 9.90 Å². The molecule has 1 aromatic carbocycles. The van der Waals surface area contributed by atoms with Crippen LogP contribution in [-0.4, -0.2) is 48.3 Å². The number of urea groups is 1. The zero-order valence-electron chi connectivity index (χ0n) is 14.9. The van der Waals surface area contributed by atoms with Crippen molar-refractivity contribution in [1.82, 2.24) is 15.5 Å². The summed E-state index contributed by atoms with van der Waals surface area (Å²) < 4.78 is 0. The lowest BCUT2D eigenvalue weighted by Gasteiger charge is -2.35. The fourth-order valence-corrected chi connectivity index (χ4v) is 3.32. The van der Waals surface area contributed by atoms with E-state index < -0.39 is 0 Å². The van der Waals surface area contributed by atoms with Gasteiger partial charge in [0.1, 0.15) is 0 Å². The van der Waals surface area contributed by atoms with E-state index in [-0.39, 0.29) is 18.7 Å². The minimum absolute atomic E-state index is 0.0474. The van der Waals surface area contributed by atoms with Crippen LogP contribution in [0.25, 0.3) is 0 Å². The standard InChI is InChI=1S/C19H31N3O2/c1-15(2)22-11-6-7-16(14-22)13-20-19(24)21-18(10-12-23)17-8-4-3-5-9-17/h3-5,8-9,15-16,18,23H,6-7,10-14H2,1-2H3,(H2,20,21,24)/t16?,18-/m1/s1. The molecule has 1 aliphatic rings. The Hall–Kier alpha value is -1.59. The molecule has 5 nitrogen and oxygen atoms in total. The summed E-state index contributed by atoms with van der Waals surface area (Å²) in [6.45, 7) is 7.41. The maximum absolute atomic E-state index is 12.2. The smallest absolute Gasteiger partial charge is 0.315 e. The maximum atomic E-state index is 12.2. The Morgan fingerprint density at radius 2 is 2.08 bits per heavy atom. The van der Waals surface area contributed by atoms with E-state index in [1.807, 2.05) is 30.3 Å². The normalized spacial score (nSPS) is 19.9. The van der Waals surface area contributed by atoms with Crippen LogP contribution >= 0.6 is 0 Å². The van der Waals surface area contributed by atoms with E-state index in [9.17, 15) is 9.90 Å². The number of hydrogen-bond donors (Lipinski definition) is 3. The van der Waals surface area contributed by atoms with Gasteiger partial charge in [0.05, 0.1) is 6.04 Å². The van der Waals surface area contributed by atoms with E-state index in [2.05, 4.69) is 29.4 Å². The van der Waals surface area contributed by atoms with Gasteiger partial charge in [0.15, 0.2) is 0 Å². The van der Waals surface area contributed by atoms with Gasteiger partial charge >= 0.3 is 6.03 Å². The van der Waals surface area contributed by atoms with Crippen LogP contribution in [0.5, 0.6) is 0 Å². The van der Waals surface area contributed by atoms with Gasteiger partial charge in [-0.3, -0.25) is 0 Å². The van der Waals surface area contributed by atoms with Gasteiger partial charge in [0.2, 0.25) is 0 Å². The number of piperidine rings is 1. The number of rotatable bonds is 7. The highest BCUT2D eigenvalue weighted by Gasteiger charge is 2.22. The van der Waals surface area contributed by atoms with Crippen LogP contribution in [0.1, 0.15) is 44.7 Å². The van der Waals surface area contributed by atoms with Gasteiger partial charge in [-0.15, -0.1) is 0 Å². The Bertz CT molecular complexity index is 493. The van der Waals surface area contributed by atoms with Crippen molar-refractivity contribution >= 4 is 6.03 Å². The highest BCUT2D eigenvalue weighted by Crippen LogP contribution is 2.18. The van der Waals surface area contributed by atoms with Crippen LogP contribution in [0, 0.1) is 5.92 Å². The van der Waals surface area contributed by atoms with E-state index in [1.54, 1.807) is 0 Å². The molecule has 0 spiro atoms. The second kappa shape index (κ2) is 9.64. The number of amides is 2. The number of carbonyl (C=O) groups is 1. The van der Waals surface area contributed by atoms with Crippen LogP contribution in [0.4, 0.5) is 4.79 Å². The first kappa shape index (κ1) is 18.7. The number of carbonyl (C=O) groups excluding carboxylic acids is 1. The van der Waals surface area contributed by atoms with Crippen molar-refractivity contribution in [2.75, 3.05) is 26.2 Å². The van der Waals surface area contributed by atoms with Gasteiger partial charge in [0.25, 0.3) is 0 Å². The molecule has 0 saturated carbocycles. The Kier molecular flexibility index (Phi) is 7.53. The van der Waals surface area contributed by atoms with Crippen molar-refractivity contribution in [3.8, 4) is 0 Å². The zero-order valence-corrected chi connectivity index (χ0v) is 14.9. The minimum Gasteiger partial charge on any atom is -0.396 e. The number of aliphatic hydroxyl groups is 1. The predicted molar refractivity (Wildman–Crippen MR) is 96.9 cm³/mol. The Labute approximate surface area is 145 Å². The SMILES string of the molecule is CC(C)N1CCCC(CNC(=O)N[C@H](CCO)c2ccccc2)C1. The predicted octanol–water partition coefficient (Wildman–Crippen LogP) is 2.53. The first-order chi connectivity index (χ1) is 11.6. The van der Waals surface area contributed by atoms with E-state index >= 15 is 0 Å². The quantitative estimate of drug-likeness (QED) is 0.718. The molecule has 1 aliphatic heterocycles. The molecule has 2 amide bonds. The largest absolute Gasteiger partial charge is 0.396 e. The fourth-order valence-electron chi connectivity index (χ4n) is 3.32. The molecule has 1 unspecified atom stereocenters. The molecule has 5 heteroatoms. The van der Waals surface area contributed by atoms with Gasteiger partial charge < -0.3 is 20.6 Å². The fraction of sp³-hybridized carbons (Fsp3) is 0.632. The average molecular weight is 333 g/mol. The molecular weight excluding hydrogens is 302 g/mol. The number of nitrogens with zero attached hydrogens (tertiary/aromatic N) is 1. The van der Waals surface area contributed by atoms with Crippen LogP contribution in [0.15, 0.2) is 30.3 Å². The Morgan fingerprint density at radius 3 is 2.75 bits per heavy atom. The second-order valence-corrected chi connectivity index (χ2v) is 6.93. The summed E-state index contributed by atoms with van der Waals surface area (Å²) in [6, 6.07) is 10.0. The maximum Gasteiger partial charge on any atom is 0.315 e. The molecule has 1 saturated heterocycles. The van der Waals surface area contributed by atoms with Crippen LogP contribution in [0.2, 0.25) is 0 Å². The van der Waals surface area contributed by atoms with Crippen molar-refractivity contribution in [3.63, 3.8) is 0 Å². The number of benzene rings is 1. The molecule has 0 bridgehead atoms. The molecule has 0 aromatic heterocycles. The number of hydrogen-bond acceptors (Lipinski definition) is 3. The molecule has 3 N–H and O–H groups in total. The first-order valence-corrected chi connectivity index (χ1v) is 9.04. The van der Waals surface area contributed by atoms with E-state index in [0.29, 0.717) is 24.9 Å². The summed E-state index contributed by atoms with van der Waals surface area (Å²) in [5.74, 6) is 0.514. The summed E-state index contributed by atoms with van der Waals surface area (Å²) in [6.07, 6.45) is 2.88. The molecule has 1 fully saturated rings. The highest BCUT2D eigenvalue weighted by molar-refractivity contribution is 5.74. The van der Waals surface area contributed by atoms with Crippen molar-refractivity contribution in [2.45, 2.75) is 45.2 Å². The zero-order chi connectivity index (χ0) is 17.4. The van der Waals surface area contributed by atoms with Gasteiger partial charge in [-0.25, -0.2) is 4.79 Å². The summed E-state index contributed by atoms with van der Waals surface area (Å²) in [5.41, 5.74) is 1.02. The monoisotopic (exact) mass is 333 g/mol. The number of likely N-dealkylation sites (tertiary alicyclic amines) is 1. The highest BCUT2D eigenvalue weighted by atomic mass is 16.3. The molecule has 0 aliphatic carbocycles. The van der Waals surface area contributed by atoms with Gasteiger partial charge in [-0.2, -0.15) is 0 Å². The van der Waals surface area contributed by atoms with Crippen LogP contribution in [-0.2, 0) is 0 Å².